The van der Waals surface area contributed by atoms with Crippen molar-refractivity contribution in [1.29, 1.82) is 0 Å². The zero-order chi connectivity index (χ0) is 12.5. The highest BCUT2D eigenvalue weighted by Gasteiger charge is 2.40. The number of amides is 1. The smallest absolute Gasteiger partial charge is 0.242 e. The second kappa shape index (κ2) is 4.58. The molecule has 4 heteroatoms. The topological polar surface area (TPSA) is 41.6 Å². The number of rotatable bonds is 1. The summed E-state index contributed by atoms with van der Waals surface area (Å²) in [4.78, 5) is 14.5. The van der Waals surface area contributed by atoms with Crippen LogP contribution in [0.3, 0.4) is 0 Å². The maximum atomic E-state index is 12.6. The van der Waals surface area contributed by atoms with Crippen molar-refractivity contribution in [2.75, 3.05) is 26.2 Å². The molecule has 0 saturated carbocycles. The van der Waals surface area contributed by atoms with E-state index in [1.54, 1.807) is 0 Å². The van der Waals surface area contributed by atoms with Crippen molar-refractivity contribution in [2.24, 2.45) is 0 Å². The summed E-state index contributed by atoms with van der Waals surface area (Å²) in [7, 11) is 0. The van der Waals surface area contributed by atoms with E-state index in [9.17, 15) is 4.79 Å². The van der Waals surface area contributed by atoms with Gasteiger partial charge in [0.1, 0.15) is 0 Å². The van der Waals surface area contributed by atoms with Crippen LogP contribution in [0.5, 0.6) is 0 Å². The molecule has 0 aromatic rings. The molecule has 4 nitrogen and oxygen atoms in total. The van der Waals surface area contributed by atoms with Gasteiger partial charge >= 0.3 is 0 Å². The summed E-state index contributed by atoms with van der Waals surface area (Å²) in [5.74, 6) is 0.244. The van der Waals surface area contributed by atoms with E-state index < -0.39 is 0 Å². The summed E-state index contributed by atoms with van der Waals surface area (Å²) in [6.45, 7) is 9.15. The summed E-state index contributed by atoms with van der Waals surface area (Å²) in [5, 5.41) is 3.39. The van der Waals surface area contributed by atoms with Gasteiger partial charge in [-0.25, -0.2) is 0 Å². The third kappa shape index (κ3) is 2.80. The van der Waals surface area contributed by atoms with E-state index in [1.807, 2.05) is 25.7 Å². The lowest BCUT2D eigenvalue weighted by Gasteiger charge is -2.43. The molecule has 0 spiro atoms. The first-order chi connectivity index (χ1) is 7.93. The number of ether oxygens (including phenoxy) is 1. The number of nitrogens with one attached hydrogen (secondary N) is 1. The Balaban J connectivity index is 2.03. The lowest BCUT2D eigenvalue weighted by Crippen LogP contribution is -2.62. The molecule has 2 fully saturated rings. The van der Waals surface area contributed by atoms with Crippen LogP contribution < -0.4 is 5.32 Å². The van der Waals surface area contributed by atoms with E-state index in [2.05, 4.69) is 5.32 Å². The molecule has 0 aliphatic carbocycles. The van der Waals surface area contributed by atoms with Gasteiger partial charge in [0.15, 0.2) is 0 Å². The fourth-order valence-electron chi connectivity index (χ4n) is 2.78. The minimum Gasteiger partial charge on any atom is -0.372 e. The van der Waals surface area contributed by atoms with E-state index in [0.717, 1.165) is 25.9 Å². The predicted molar refractivity (Wildman–Crippen MR) is 66.9 cm³/mol. The lowest BCUT2D eigenvalue weighted by molar-refractivity contribution is -0.153. The third-order valence-electron chi connectivity index (χ3n) is 3.80. The summed E-state index contributed by atoms with van der Waals surface area (Å²) >= 11 is 0. The molecule has 2 heterocycles. The van der Waals surface area contributed by atoms with Crippen molar-refractivity contribution in [3.63, 3.8) is 0 Å². The molecule has 98 valence electrons. The average Bonchev–Trinajstić information content (AvgIpc) is 2.27. The number of hydrogen-bond donors (Lipinski definition) is 1. The Labute approximate surface area is 104 Å². The van der Waals surface area contributed by atoms with Crippen LogP contribution >= 0.6 is 0 Å². The van der Waals surface area contributed by atoms with Crippen LogP contribution in [0, 0.1) is 0 Å². The van der Waals surface area contributed by atoms with Crippen LogP contribution in [0.15, 0.2) is 0 Å². The molecule has 2 aliphatic heterocycles. The first-order valence-electron chi connectivity index (χ1n) is 6.61. The first kappa shape index (κ1) is 12.8. The van der Waals surface area contributed by atoms with Crippen molar-refractivity contribution < 1.29 is 9.53 Å². The zero-order valence-electron chi connectivity index (χ0n) is 11.2. The molecule has 0 bridgehead atoms. The fourth-order valence-corrected chi connectivity index (χ4v) is 2.78. The minimum absolute atomic E-state index is 0.209. The molecule has 1 atom stereocenters. The number of carbonyl (C=O) groups is 1. The van der Waals surface area contributed by atoms with Crippen molar-refractivity contribution >= 4 is 5.91 Å². The number of carbonyl (C=O) groups excluding carboxylic acids is 1. The molecular weight excluding hydrogens is 216 g/mol. The highest BCUT2D eigenvalue weighted by atomic mass is 16.5. The molecule has 1 N–H and O–H groups in total. The zero-order valence-corrected chi connectivity index (χ0v) is 11.2. The molecule has 17 heavy (non-hydrogen) atoms. The quantitative estimate of drug-likeness (QED) is 0.747. The molecule has 2 saturated heterocycles. The highest BCUT2D eigenvalue weighted by Crippen LogP contribution is 2.24. The number of morpholine rings is 1. The molecule has 1 amide bonds. The molecule has 2 rings (SSSR count). The van der Waals surface area contributed by atoms with Gasteiger partial charge in [0.2, 0.25) is 5.91 Å². The Morgan fingerprint density at radius 2 is 2.06 bits per heavy atom. The lowest BCUT2D eigenvalue weighted by atomic mass is 9.89. The van der Waals surface area contributed by atoms with E-state index in [1.165, 1.54) is 6.42 Å². The van der Waals surface area contributed by atoms with Crippen LogP contribution in [0.4, 0.5) is 0 Å². The average molecular weight is 240 g/mol. The maximum Gasteiger partial charge on any atom is 0.242 e. The number of hydrogen-bond acceptors (Lipinski definition) is 3. The van der Waals surface area contributed by atoms with Crippen LogP contribution in [-0.4, -0.2) is 48.2 Å². The Morgan fingerprint density at radius 3 is 2.65 bits per heavy atom. The largest absolute Gasteiger partial charge is 0.372 e. The van der Waals surface area contributed by atoms with Gasteiger partial charge in [-0.1, -0.05) is 0 Å². The van der Waals surface area contributed by atoms with Crippen molar-refractivity contribution in [1.82, 2.24) is 10.2 Å². The van der Waals surface area contributed by atoms with E-state index in [4.69, 9.17) is 4.74 Å². The van der Waals surface area contributed by atoms with Crippen LogP contribution in [0.1, 0.15) is 40.0 Å². The van der Waals surface area contributed by atoms with E-state index >= 15 is 0 Å². The Hall–Kier alpha value is -0.610. The fraction of sp³-hybridized carbons (Fsp3) is 0.923. The Morgan fingerprint density at radius 1 is 1.29 bits per heavy atom. The van der Waals surface area contributed by atoms with Crippen LogP contribution in [0.2, 0.25) is 0 Å². The number of piperidine rings is 1. The van der Waals surface area contributed by atoms with Gasteiger partial charge in [-0.3, -0.25) is 4.79 Å². The molecule has 1 unspecified atom stereocenters. The van der Waals surface area contributed by atoms with E-state index in [0.29, 0.717) is 13.2 Å². The minimum atomic E-state index is -0.355. The molecule has 0 radical (unpaired) electrons. The standard InChI is InChI=1S/C13H24N2O2/c1-12(2)10-15(8-9-17-12)11(16)13(3)6-4-5-7-14-13/h14H,4-10H2,1-3H3. The summed E-state index contributed by atoms with van der Waals surface area (Å²) in [6, 6.07) is 0. The van der Waals surface area contributed by atoms with Gasteiger partial charge in [0.05, 0.1) is 17.7 Å². The first-order valence-corrected chi connectivity index (χ1v) is 6.61. The molecule has 0 aromatic heterocycles. The summed E-state index contributed by atoms with van der Waals surface area (Å²) in [6.07, 6.45) is 3.27. The van der Waals surface area contributed by atoms with Crippen LogP contribution in [-0.2, 0) is 9.53 Å². The second-order valence-electron chi connectivity index (χ2n) is 6.05. The summed E-state index contributed by atoms with van der Waals surface area (Å²) in [5.41, 5.74) is -0.565. The van der Waals surface area contributed by atoms with Gasteiger partial charge < -0.3 is 15.0 Å². The predicted octanol–water partition coefficient (Wildman–Crippen LogP) is 1.16. The Kier molecular flexibility index (Phi) is 3.46. The van der Waals surface area contributed by atoms with Gasteiger partial charge in [-0.15, -0.1) is 0 Å². The maximum absolute atomic E-state index is 12.6. The monoisotopic (exact) mass is 240 g/mol. The van der Waals surface area contributed by atoms with Gasteiger partial charge in [0.25, 0.3) is 0 Å². The van der Waals surface area contributed by atoms with Crippen molar-refractivity contribution in [3.8, 4) is 0 Å². The third-order valence-corrected chi connectivity index (χ3v) is 3.80. The Bertz CT molecular complexity index is 296. The summed E-state index contributed by atoms with van der Waals surface area (Å²) < 4.78 is 5.65. The SMILES string of the molecule is CC1(C)CN(C(=O)C2(C)CCCCN2)CCO1. The normalized spacial score (nSPS) is 33.5. The highest BCUT2D eigenvalue weighted by molar-refractivity contribution is 5.86. The molecule has 2 aliphatic rings. The van der Waals surface area contributed by atoms with Gasteiger partial charge in [-0.2, -0.15) is 0 Å². The van der Waals surface area contributed by atoms with Gasteiger partial charge in [-0.05, 0) is 46.6 Å². The second-order valence-corrected chi connectivity index (χ2v) is 6.05. The molecule has 0 aromatic carbocycles. The van der Waals surface area contributed by atoms with Crippen molar-refractivity contribution in [2.45, 2.75) is 51.2 Å². The number of nitrogens with zero attached hydrogens (tertiary/aromatic N) is 1. The van der Waals surface area contributed by atoms with Gasteiger partial charge in [0, 0.05) is 13.1 Å². The van der Waals surface area contributed by atoms with Crippen molar-refractivity contribution in [3.05, 3.63) is 0 Å². The van der Waals surface area contributed by atoms with Crippen LogP contribution in [0.25, 0.3) is 0 Å². The van der Waals surface area contributed by atoms with E-state index in [-0.39, 0.29) is 17.0 Å². The molecular formula is C13H24N2O2.